The predicted octanol–water partition coefficient (Wildman–Crippen LogP) is 2.53. The van der Waals surface area contributed by atoms with Gasteiger partial charge in [0.2, 0.25) is 0 Å². The van der Waals surface area contributed by atoms with Gasteiger partial charge in [-0.1, -0.05) is 0 Å². The Morgan fingerprint density at radius 2 is 2.17 bits per heavy atom. The standard InChI is InChI=1S/C11H9F3N2O2/c1-2-18-10(17)9-6-8-5-7(11(12,13)14)3-4-16(8)15-9/h3-6H,2H2,1H3. The smallest absolute Gasteiger partial charge is 0.416 e. The minimum Gasteiger partial charge on any atom is -0.461 e. The van der Waals surface area contributed by atoms with E-state index in [1.807, 2.05) is 0 Å². The zero-order chi connectivity index (χ0) is 13.3. The molecule has 0 aromatic carbocycles. The summed E-state index contributed by atoms with van der Waals surface area (Å²) >= 11 is 0. The Labute approximate surface area is 100.0 Å². The number of alkyl halides is 3. The highest BCUT2D eigenvalue weighted by atomic mass is 19.4. The van der Waals surface area contributed by atoms with E-state index in [1.54, 1.807) is 6.92 Å². The summed E-state index contributed by atoms with van der Waals surface area (Å²) in [5, 5.41) is 3.83. The third-order valence-corrected chi connectivity index (χ3v) is 2.28. The van der Waals surface area contributed by atoms with E-state index in [0.29, 0.717) is 0 Å². The summed E-state index contributed by atoms with van der Waals surface area (Å²) in [6.07, 6.45) is -3.27. The summed E-state index contributed by atoms with van der Waals surface area (Å²) in [6.45, 7) is 1.82. The van der Waals surface area contributed by atoms with Crippen LogP contribution in [-0.4, -0.2) is 22.2 Å². The SMILES string of the molecule is CCOC(=O)c1cc2cc(C(F)(F)F)ccn2n1. The lowest BCUT2D eigenvalue weighted by Gasteiger charge is -2.05. The fraction of sp³-hybridized carbons (Fsp3) is 0.273. The van der Waals surface area contributed by atoms with Crippen LogP contribution >= 0.6 is 0 Å². The van der Waals surface area contributed by atoms with Crippen LogP contribution in [0.25, 0.3) is 5.52 Å². The van der Waals surface area contributed by atoms with E-state index in [2.05, 4.69) is 5.10 Å². The molecule has 2 aromatic heterocycles. The monoisotopic (exact) mass is 258 g/mol. The van der Waals surface area contributed by atoms with E-state index in [-0.39, 0.29) is 17.8 Å². The van der Waals surface area contributed by atoms with Gasteiger partial charge in [-0.3, -0.25) is 0 Å². The normalized spacial score (nSPS) is 11.8. The number of hydrogen-bond acceptors (Lipinski definition) is 3. The molecule has 0 unspecified atom stereocenters. The topological polar surface area (TPSA) is 43.6 Å². The summed E-state index contributed by atoms with van der Waals surface area (Å²) in [5.74, 6) is -0.658. The van der Waals surface area contributed by atoms with Crippen molar-refractivity contribution in [3.8, 4) is 0 Å². The molecule has 0 aliphatic rings. The Balaban J connectivity index is 2.43. The maximum Gasteiger partial charge on any atom is 0.416 e. The zero-order valence-electron chi connectivity index (χ0n) is 9.36. The Bertz CT molecular complexity index is 589. The number of hydrogen-bond donors (Lipinski definition) is 0. The van der Waals surface area contributed by atoms with Crippen molar-refractivity contribution in [2.75, 3.05) is 6.61 Å². The lowest BCUT2D eigenvalue weighted by atomic mass is 10.2. The first-order valence-electron chi connectivity index (χ1n) is 5.15. The van der Waals surface area contributed by atoms with Crippen molar-refractivity contribution in [3.63, 3.8) is 0 Å². The van der Waals surface area contributed by atoms with Crippen LogP contribution in [0.2, 0.25) is 0 Å². The molecule has 7 heteroatoms. The number of fused-ring (bicyclic) bond motifs is 1. The van der Waals surface area contributed by atoms with Gasteiger partial charge in [0.1, 0.15) is 0 Å². The Kier molecular flexibility index (Phi) is 2.98. The number of rotatable bonds is 2. The molecule has 0 aliphatic carbocycles. The van der Waals surface area contributed by atoms with Gasteiger partial charge in [-0.2, -0.15) is 18.3 Å². The first kappa shape index (κ1) is 12.4. The van der Waals surface area contributed by atoms with Gasteiger partial charge in [0.15, 0.2) is 5.69 Å². The van der Waals surface area contributed by atoms with Crippen molar-refractivity contribution in [1.29, 1.82) is 0 Å². The van der Waals surface area contributed by atoms with Crippen molar-refractivity contribution >= 4 is 11.5 Å². The van der Waals surface area contributed by atoms with Crippen LogP contribution in [-0.2, 0) is 10.9 Å². The van der Waals surface area contributed by atoms with Crippen LogP contribution in [0.3, 0.4) is 0 Å². The Morgan fingerprint density at radius 1 is 1.44 bits per heavy atom. The number of nitrogens with zero attached hydrogens (tertiary/aromatic N) is 2. The van der Waals surface area contributed by atoms with E-state index < -0.39 is 17.7 Å². The van der Waals surface area contributed by atoms with Crippen LogP contribution in [0.15, 0.2) is 24.4 Å². The number of carbonyl (C=O) groups is 1. The molecular formula is C11H9F3N2O2. The molecule has 0 amide bonds. The van der Waals surface area contributed by atoms with Crippen LogP contribution in [0, 0.1) is 0 Å². The molecule has 96 valence electrons. The molecule has 0 bridgehead atoms. The van der Waals surface area contributed by atoms with Gasteiger partial charge in [0.05, 0.1) is 17.7 Å². The summed E-state index contributed by atoms with van der Waals surface area (Å²) < 4.78 is 43.4. The molecule has 0 radical (unpaired) electrons. The van der Waals surface area contributed by atoms with Gasteiger partial charge in [-0.15, -0.1) is 0 Å². The highest BCUT2D eigenvalue weighted by Crippen LogP contribution is 2.29. The molecule has 18 heavy (non-hydrogen) atoms. The summed E-state index contributed by atoms with van der Waals surface area (Å²) in [7, 11) is 0. The molecule has 0 atom stereocenters. The molecule has 2 rings (SSSR count). The number of carbonyl (C=O) groups excluding carboxylic acids is 1. The maximum atomic E-state index is 12.5. The number of ether oxygens (including phenoxy) is 1. The van der Waals surface area contributed by atoms with Crippen LogP contribution in [0.4, 0.5) is 13.2 Å². The van der Waals surface area contributed by atoms with Crippen molar-refractivity contribution in [2.45, 2.75) is 13.1 Å². The fourth-order valence-corrected chi connectivity index (χ4v) is 1.48. The predicted molar refractivity (Wildman–Crippen MR) is 56.2 cm³/mol. The lowest BCUT2D eigenvalue weighted by Crippen LogP contribution is -2.06. The molecule has 0 saturated heterocycles. The van der Waals surface area contributed by atoms with Crippen molar-refractivity contribution in [1.82, 2.24) is 9.61 Å². The number of halogens is 3. The number of pyridine rings is 1. The lowest BCUT2D eigenvalue weighted by molar-refractivity contribution is -0.137. The third-order valence-electron chi connectivity index (χ3n) is 2.28. The van der Waals surface area contributed by atoms with Crippen molar-refractivity contribution in [2.24, 2.45) is 0 Å². The van der Waals surface area contributed by atoms with E-state index in [0.717, 1.165) is 18.3 Å². The Morgan fingerprint density at radius 3 is 2.78 bits per heavy atom. The largest absolute Gasteiger partial charge is 0.461 e. The van der Waals surface area contributed by atoms with E-state index in [4.69, 9.17) is 4.74 Å². The second-order valence-electron chi connectivity index (χ2n) is 3.53. The number of aromatic nitrogens is 2. The fourth-order valence-electron chi connectivity index (χ4n) is 1.48. The highest BCUT2D eigenvalue weighted by molar-refractivity contribution is 5.88. The van der Waals surface area contributed by atoms with E-state index in [9.17, 15) is 18.0 Å². The molecule has 2 heterocycles. The molecule has 0 aliphatic heterocycles. The number of esters is 1. The van der Waals surface area contributed by atoms with Gasteiger partial charge < -0.3 is 4.74 Å². The van der Waals surface area contributed by atoms with Crippen LogP contribution in [0.1, 0.15) is 23.0 Å². The van der Waals surface area contributed by atoms with Crippen molar-refractivity contribution in [3.05, 3.63) is 35.7 Å². The molecule has 0 N–H and O–H groups in total. The van der Waals surface area contributed by atoms with Crippen LogP contribution < -0.4 is 0 Å². The summed E-state index contributed by atoms with van der Waals surface area (Å²) in [5.41, 5.74) is -0.616. The first-order valence-corrected chi connectivity index (χ1v) is 5.15. The molecule has 0 saturated carbocycles. The third kappa shape index (κ3) is 2.29. The van der Waals surface area contributed by atoms with Gasteiger partial charge in [0, 0.05) is 6.20 Å². The molecule has 4 nitrogen and oxygen atoms in total. The van der Waals surface area contributed by atoms with Gasteiger partial charge >= 0.3 is 12.1 Å². The van der Waals surface area contributed by atoms with Gasteiger partial charge in [-0.25, -0.2) is 9.31 Å². The van der Waals surface area contributed by atoms with Gasteiger partial charge in [-0.05, 0) is 25.1 Å². The highest BCUT2D eigenvalue weighted by Gasteiger charge is 2.30. The maximum absolute atomic E-state index is 12.5. The van der Waals surface area contributed by atoms with E-state index >= 15 is 0 Å². The second kappa shape index (κ2) is 4.32. The first-order chi connectivity index (χ1) is 8.41. The quantitative estimate of drug-likeness (QED) is 0.777. The van der Waals surface area contributed by atoms with Crippen molar-refractivity contribution < 1.29 is 22.7 Å². The average Bonchev–Trinajstić information content (AvgIpc) is 2.70. The Hall–Kier alpha value is -2.05. The van der Waals surface area contributed by atoms with Crippen LogP contribution in [0.5, 0.6) is 0 Å². The minimum absolute atomic E-state index is 0.0174. The minimum atomic E-state index is -4.42. The van der Waals surface area contributed by atoms with Gasteiger partial charge in [0.25, 0.3) is 0 Å². The summed E-state index contributed by atoms with van der Waals surface area (Å²) in [6, 6.07) is 3.08. The molecule has 2 aromatic rings. The average molecular weight is 258 g/mol. The van der Waals surface area contributed by atoms with E-state index in [1.165, 1.54) is 10.6 Å². The molecule has 0 spiro atoms. The summed E-state index contributed by atoms with van der Waals surface area (Å²) in [4.78, 5) is 11.4. The second-order valence-corrected chi connectivity index (χ2v) is 3.53. The zero-order valence-corrected chi connectivity index (χ0v) is 9.36. The molecule has 0 fully saturated rings. The molecular weight excluding hydrogens is 249 g/mol.